The van der Waals surface area contributed by atoms with Gasteiger partial charge in [0.2, 0.25) is 0 Å². The molecule has 1 rings (SSSR count). The van der Waals surface area contributed by atoms with Crippen molar-refractivity contribution in [1.82, 2.24) is 4.90 Å². The van der Waals surface area contributed by atoms with E-state index in [1.807, 2.05) is 0 Å². The molecule has 0 radical (unpaired) electrons. The Morgan fingerprint density at radius 2 is 2.36 bits per heavy atom. The first-order valence-corrected chi connectivity index (χ1v) is 4.41. The van der Waals surface area contributed by atoms with Gasteiger partial charge in [0.05, 0.1) is 0 Å². The number of hydrogen-bond acceptors (Lipinski definition) is 3. The summed E-state index contributed by atoms with van der Waals surface area (Å²) in [6.45, 7) is 3.48. The zero-order chi connectivity index (χ0) is 8.10. The van der Waals surface area contributed by atoms with Gasteiger partial charge in [-0.15, -0.1) is 0 Å². The van der Waals surface area contributed by atoms with Crippen LogP contribution < -0.4 is 5.73 Å². The van der Waals surface area contributed by atoms with Gasteiger partial charge in [-0.3, -0.25) is 0 Å². The summed E-state index contributed by atoms with van der Waals surface area (Å²) in [5, 5.41) is 8.60. The standard InChI is InChI=1S/C8H18N2O/c9-8-3-1-4-10(7-8)5-2-6-11/h8,11H,1-7,9H2. The molecule has 1 aliphatic heterocycles. The topological polar surface area (TPSA) is 49.5 Å². The number of likely N-dealkylation sites (tertiary alicyclic amines) is 1. The Morgan fingerprint density at radius 3 is 3.00 bits per heavy atom. The van der Waals surface area contributed by atoms with E-state index in [2.05, 4.69) is 4.90 Å². The van der Waals surface area contributed by atoms with Crippen molar-refractivity contribution in [2.45, 2.75) is 25.3 Å². The minimum atomic E-state index is 0.297. The van der Waals surface area contributed by atoms with Crippen LogP contribution in [0.3, 0.4) is 0 Å². The molecule has 11 heavy (non-hydrogen) atoms. The number of rotatable bonds is 3. The minimum Gasteiger partial charge on any atom is -0.396 e. The largest absolute Gasteiger partial charge is 0.396 e. The smallest absolute Gasteiger partial charge is 0.0443 e. The minimum absolute atomic E-state index is 0.297. The lowest BCUT2D eigenvalue weighted by atomic mass is 10.1. The lowest BCUT2D eigenvalue weighted by Gasteiger charge is -2.30. The van der Waals surface area contributed by atoms with E-state index in [0.717, 1.165) is 32.5 Å². The van der Waals surface area contributed by atoms with Gasteiger partial charge in [0.25, 0.3) is 0 Å². The molecule has 1 aliphatic rings. The van der Waals surface area contributed by atoms with Gasteiger partial charge < -0.3 is 15.7 Å². The van der Waals surface area contributed by atoms with Crippen LogP contribution in [0.2, 0.25) is 0 Å². The maximum atomic E-state index is 8.60. The van der Waals surface area contributed by atoms with Crippen LogP contribution in [0.25, 0.3) is 0 Å². The first kappa shape index (κ1) is 8.97. The Balaban J connectivity index is 2.12. The first-order chi connectivity index (χ1) is 5.33. The second-order valence-electron chi connectivity index (χ2n) is 3.28. The molecule has 0 spiro atoms. The molecule has 1 unspecified atom stereocenters. The Morgan fingerprint density at radius 1 is 1.55 bits per heavy atom. The Bertz CT molecular complexity index is 108. The van der Waals surface area contributed by atoms with E-state index < -0.39 is 0 Å². The van der Waals surface area contributed by atoms with Crippen molar-refractivity contribution in [1.29, 1.82) is 0 Å². The van der Waals surface area contributed by atoms with Crippen LogP contribution in [0.1, 0.15) is 19.3 Å². The monoisotopic (exact) mass is 158 g/mol. The van der Waals surface area contributed by atoms with Gasteiger partial charge in [0.1, 0.15) is 0 Å². The maximum absolute atomic E-state index is 8.60. The van der Waals surface area contributed by atoms with Crippen molar-refractivity contribution >= 4 is 0 Å². The zero-order valence-electron chi connectivity index (χ0n) is 7.00. The molecule has 0 bridgehead atoms. The van der Waals surface area contributed by atoms with E-state index >= 15 is 0 Å². The molecule has 0 aromatic heterocycles. The molecule has 1 heterocycles. The van der Waals surface area contributed by atoms with Crippen LogP contribution in [-0.4, -0.2) is 42.3 Å². The fourth-order valence-electron chi connectivity index (χ4n) is 1.59. The van der Waals surface area contributed by atoms with Crippen LogP contribution >= 0.6 is 0 Å². The predicted molar refractivity (Wildman–Crippen MR) is 45.4 cm³/mol. The average molecular weight is 158 g/mol. The number of nitrogens with zero attached hydrogens (tertiary/aromatic N) is 1. The molecular formula is C8H18N2O. The van der Waals surface area contributed by atoms with E-state index in [0.29, 0.717) is 12.6 Å². The molecular weight excluding hydrogens is 140 g/mol. The van der Waals surface area contributed by atoms with Crippen molar-refractivity contribution in [3.05, 3.63) is 0 Å². The van der Waals surface area contributed by atoms with E-state index in [-0.39, 0.29) is 0 Å². The van der Waals surface area contributed by atoms with Gasteiger partial charge in [-0.05, 0) is 25.8 Å². The van der Waals surface area contributed by atoms with Gasteiger partial charge in [-0.2, -0.15) is 0 Å². The van der Waals surface area contributed by atoms with Crippen LogP contribution in [0.15, 0.2) is 0 Å². The third-order valence-corrected chi connectivity index (χ3v) is 2.17. The lowest BCUT2D eigenvalue weighted by molar-refractivity contribution is 0.185. The summed E-state index contributed by atoms with van der Waals surface area (Å²) in [6, 6.07) is 0.363. The van der Waals surface area contributed by atoms with E-state index in [1.165, 1.54) is 6.42 Å². The summed E-state index contributed by atoms with van der Waals surface area (Å²) in [6.07, 6.45) is 3.26. The maximum Gasteiger partial charge on any atom is 0.0443 e. The molecule has 1 saturated heterocycles. The number of aliphatic hydroxyl groups is 1. The highest BCUT2D eigenvalue weighted by atomic mass is 16.3. The molecule has 1 atom stereocenters. The van der Waals surface area contributed by atoms with Gasteiger partial charge in [-0.1, -0.05) is 0 Å². The molecule has 0 saturated carbocycles. The SMILES string of the molecule is NC1CCCN(CCCO)C1. The van der Waals surface area contributed by atoms with Gasteiger partial charge in [0.15, 0.2) is 0 Å². The Labute approximate surface area is 68.2 Å². The third-order valence-electron chi connectivity index (χ3n) is 2.17. The Kier molecular flexibility index (Phi) is 3.83. The zero-order valence-corrected chi connectivity index (χ0v) is 7.00. The van der Waals surface area contributed by atoms with Gasteiger partial charge in [0, 0.05) is 25.7 Å². The number of piperidine rings is 1. The number of hydrogen-bond donors (Lipinski definition) is 2. The lowest BCUT2D eigenvalue weighted by Crippen LogP contribution is -2.43. The quantitative estimate of drug-likeness (QED) is 0.597. The van der Waals surface area contributed by atoms with Gasteiger partial charge >= 0.3 is 0 Å². The molecule has 66 valence electrons. The van der Waals surface area contributed by atoms with E-state index in [1.54, 1.807) is 0 Å². The fraction of sp³-hybridized carbons (Fsp3) is 1.00. The van der Waals surface area contributed by atoms with Gasteiger partial charge in [-0.25, -0.2) is 0 Å². The average Bonchev–Trinajstić information content (AvgIpc) is 2.01. The van der Waals surface area contributed by atoms with Crippen LogP contribution in [0, 0.1) is 0 Å². The molecule has 0 aromatic carbocycles. The summed E-state index contributed by atoms with van der Waals surface area (Å²) < 4.78 is 0. The van der Waals surface area contributed by atoms with E-state index in [9.17, 15) is 0 Å². The highest BCUT2D eigenvalue weighted by Crippen LogP contribution is 2.07. The fourth-order valence-corrected chi connectivity index (χ4v) is 1.59. The van der Waals surface area contributed by atoms with Crippen LogP contribution in [0.5, 0.6) is 0 Å². The summed E-state index contributed by atoms with van der Waals surface area (Å²) in [4.78, 5) is 2.34. The second-order valence-corrected chi connectivity index (χ2v) is 3.28. The molecule has 0 amide bonds. The molecule has 1 fully saturated rings. The first-order valence-electron chi connectivity index (χ1n) is 4.41. The third kappa shape index (κ3) is 3.18. The Hall–Kier alpha value is -0.120. The van der Waals surface area contributed by atoms with Crippen molar-refractivity contribution in [3.8, 4) is 0 Å². The molecule has 0 aromatic rings. The molecule has 3 heteroatoms. The highest BCUT2D eigenvalue weighted by molar-refractivity contribution is 4.74. The van der Waals surface area contributed by atoms with Crippen molar-refractivity contribution in [2.24, 2.45) is 5.73 Å². The van der Waals surface area contributed by atoms with Crippen LogP contribution in [-0.2, 0) is 0 Å². The van der Waals surface area contributed by atoms with Crippen LogP contribution in [0.4, 0.5) is 0 Å². The molecule has 0 aliphatic carbocycles. The van der Waals surface area contributed by atoms with E-state index in [4.69, 9.17) is 10.8 Å². The van der Waals surface area contributed by atoms with Crippen molar-refractivity contribution < 1.29 is 5.11 Å². The molecule has 3 N–H and O–H groups in total. The number of aliphatic hydroxyl groups excluding tert-OH is 1. The molecule has 3 nitrogen and oxygen atoms in total. The summed E-state index contributed by atoms with van der Waals surface area (Å²) in [7, 11) is 0. The summed E-state index contributed by atoms with van der Waals surface area (Å²) in [5.41, 5.74) is 5.79. The van der Waals surface area contributed by atoms with Crippen molar-refractivity contribution in [2.75, 3.05) is 26.2 Å². The normalized spacial score (nSPS) is 27.3. The summed E-state index contributed by atoms with van der Waals surface area (Å²) >= 11 is 0. The summed E-state index contributed by atoms with van der Waals surface area (Å²) in [5.74, 6) is 0. The second kappa shape index (κ2) is 4.70. The number of nitrogens with two attached hydrogens (primary N) is 1. The van der Waals surface area contributed by atoms with Crippen molar-refractivity contribution in [3.63, 3.8) is 0 Å². The highest BCUT2D eigenvalue weighted by Gasteiger charge is 2.15. The predicted octanol–water partition coefficient (Wildman–Crippen LogP) is -0.208.